The molecule has 12 aromatic carbocycles. The summed E-state index contributed by atoms with van der Waals surface area (Å²) in [6, 6.07) is 74.0. The maximum Gasteiger partial charge on any atom is 0.408 e. The Labute approximate surface area is 890 Å². The van der Waals surface area contributed by atoms with Gasteiger partial charge in [-0.15, -0.1) is 0 Å². The molecule has 0 aliphatic heterocycles. The Kier molecular flexibility index (Phi) is 50.8. The second-order valence-electron chi connectivity index (χ2n) is 41.7. The Morgan fingerprint density at radius 1 is 0.242 bits per heavy atom. The van der Waals surface area contributed by atoms with Gasteiger partial charge in [-0.3, -0.25) is 4.79 Å². The third kappa shape index (κ3) is 42.9. The van der Waals surface area contributed by atoms with Crippen LogP contribution in [-0.4, -0.2) is 69.2 Å². The number of hydrogen-bond donors (Lipinski definition) is 2. The highest BCUT2D eigenvalue weighted by Gasteiger charge is 2.28. The number of fused-ring (bicyclic) bond motifs is 4. The predicted molar refractivity (Wildman–Crippen MR) is 608 cm³/mol. The number of amides is 2. The van der Waals surface area contributed by atoms with E-state index in [2.05, 4.69) is 184 Å². The molecule has 18 heteroatoms. The van der Waals surface area contributed by atoms with Crippen molar-refractivity contribution in [1.82, 2.24) is 10.6 Å². The molecule has 2 N–H and O–H groups in total. The smallest absolute Gasteiger partial charge is 0.408 e. The van der Waals surface area contributed by atoms with Crippen molar-refractivity contribution in [2.45, 2.75) is 383 Å². The van der Waals surface area contributed by atoms with Gasteiger partial charge in [0.15, 0.2) is 23.0 Å². The van der Waals surface area contributed by atoms with Crippen LogP contribution in [0.2, 0.25) is 0 Å². The quantitative estimate of drug-likeness (QED) is 0.0270. The van der Waals surface area contributed by atoms with Crippen LogP contribution in [0.4, 0.5) is 4.79 Å². The molecule has 0 saturated carbocycles. The summed E-state index contributed by atoms with van der Waals surface area (Å²) in [5.41, 5.74) is 6.30. The van der Waals surface area contributed by atoms with Gasteiger partial charge in [-0.1, -0.05) is 356 Å². The topological polar surface area (TPSA) is 195 Å². The van der Waals surface area contributed by atoms with Crippen LogP contribution in [0.15, 0.2) is 224 Å². The molecule has 18 nitrogen and oxygen atoms in total. The lowest BCUT2D eigenvalue weighted by Crippen LogP contribution is -2.52. The molecule has 802 valence electrons. The van der Waals surface area contributed by atoms with Crippen LogP contribution >= 0.6 is 0 Å². The monoisotopic (exact) mass is 2030 g/mol. The Morgan fingerprint density at radius 2 is 0.497 bits per heavy atom. The van der Waals surface area contributed by atoms with E-state index in [1.54, 1.807) is 20.8 Å². The Balaban J connectivity index is 0.777. The summed E-state index contributed by atoms with van der Waals surface area (Å²) in [4.78, 5) is 39.4. The minimum Gasteiger partial charge on any atom is -0.494 e. The van der Waals surface area contributed by atoms with Crippen molar-refractivity contribution in [2.24, 2.45) is 0 Å². The fraction of sp³-hybridized carbons (Fsp3) is 0.489. The van der Waals surface area contributed by atoms with E-state index in [0.29, 0.717) is 85.5 Å². The zero-order valence-electron chi connectivity index (χ0n) is 91.3. The normalized spacial score (nSPS) is 11.9. The van der Waals surface area contributed by atoms with Gasteiger partial charge in [-0.25, -0.2) is 9.59 Å². The van der Waals surface area contributed by atoms with Crippen molar-refractivity contribution in [3.63, 3.8) is 0 Å². The van der Waals surface area contributed by atoms with Crippen molar-refractivity contribution < 1.29 is 76.0 Å². The van der Waals surface area contributed by atoms with Crippen LogP contribution in [-0.2, 0) is 71.7 Å². The van der Waals surface area contributed by atoms with Crippen LogP contribution in [0.3, 0.4) is 0 Å². The molecule has 0 aromatic heterocycles. The molecule has 12 rings (SSSR count). The first kappa shape index (κ1) is 115. The SMILES string of the molecule is CCCCCCCCCCCCOc1ccc2cc(COc3ccc(COc4cc(COc5ccc(C[C@H](NC(=O)OC(C)(C)C)C(=O)N[C@@H](C)C(=O)OC)cc5)cc(OCc5ccc(OCc6ccc7cc(OCCCCCCCCCCCC)ccc7c6)c(OCc6ccc7cc(OCCCCCCCCCCCC)ccc7c6)c5)c4)cc3OCc3ccc4cc(OCCCCCCCCCCCC)ccc4c3)ccc2c1. The maximum absolute atomic E-state index is 13.8. The van der Waals surface area contributed by atoms with Crippen molar-refractivity contribution in [1.29, 1.82) is 0 Å². The Bertz CT molecular complexity index is 5650. The summed E-state index contributed by atoms with van der Waals surface area (Å²) in [5, 5.41) is 14.2. The summed E-state index contributed by atoms with van der Waals surface area (Å²) in [5.74, 6) is 6.17. The first-order valence-corrected chi connectivity index (χ1v) is 56.8. The number of benzene rings is 12. The van der Waals surface area contributed by atoms with Crippen LogP contribution < -0.4 is 62.7 Å². The number of alkyl carbamates (subject to hydrolysis) is 1. The number of ether oxygens (including phenoxy) is 13. The Morgan fingerprint density at radius 3 is 0.812 bits per heavy atom. The molecule has 0 saturated heterocycles. The number of nitrogens with one attached hydrogen (secondary N) is 2. The molecule has 0 spiro atoms. The molecule has 0 radical (unpaired) electrons. The van der Waals surface area contributed by atoms with Gasteiger partial charge in [-0.2, -0.15) is 0 Å². The summed E-state index contributed by atoms with van der Waals surface area (Å²) in [6.45, 7) is 20.2. The van der Waals surface area contributed by atoms with Crippen molar-refractivity contribution >= 4 is 61.1 Å². The molecule has 0 aliphatic carbocycles. The number of esters is 1. The Hall–Kier alpha value is -12.3. The van der Waals surface area contributed by atoms with Gasteiger partial charge in [0.25, 0.3) is 0 Å². The number of unbranched alkanes of at least 4 members (excludes halogenated alkanes) is 36. The molecule has 0 aliphatic rings. The minimum atomic E-state index is -1.11. The highest BCUT2D eigenvalue weighted by Crippen LogP contribution is 2.38. The van der Waals surface area contributed by atoms with E-state index in [1.807, 2.05) is 78.9 Å². The average Bonchev–Trinajstić information content (AvgIpc) is 0.819. The fourth-order valence-corrected chi connectivity index (χ4v) is 18.9. The van der Waals surface area contributed by atoms with Crippen molar-refractivity contribution in [3.8, 4) is 63.2 Å². The first-order valence-electron chi connectivity index (χ1n) is 56.8. The van der Waals surface area contributed by atoms with Gasteiger partial charge in [0.2, 0.25) is 5.91 Å². The third-order valence-electron chi connectivity index (χ3n) is 27.6. The van der Waals surface area contributed by atoms with E-state index in [4.69, 9.17) is 61.6 Å². The fourth-order valence-electron chi connectivity index (χ4n) is 18.9. The molecule has 149 heavy (non-hydrogen) atoms. The lowest BCUT2D eigenvalue weighted by Gasteiger charge is -2.24. The third-order valence-corrected chi connectivity index (χ3v) is 27.6. The van der Waals surface area contributed by atoms with E-state index < -0.39 is 35.7 Å². The maximum atomic E-state index is 13.8. The predicted octanol–water partition coefficient (Wildman–Crippen LogP) is 34.7. The second kappa shape index (κ2) is 65.6. The number of carbonyl (C=O) groups excluding carboxylic acids is 3. The van der Waals surface area contributed by atoms with Gasteiger partial charge in [-0.05, 0) is 262 Å². The molecule has 0 heterocycles. The zero-order valence-corrected chi connectivity index (χ0v) is 91.3. The molecule has 0 unspecified atom stereocenters. The van der Waals surface area contributed by atoms with Crippen molar-refractivity contribution in [3.05, 3.63) is 269 Å². The second-order valence-corrected chi connectivity index (χ2v) is 41.7. The number of carbonyl (C=O) groups is 3. The van der Waals surface area contributed by atoms with Crippen molar-refractivity contribution in [2.75, 3.05) is 33.5 Å². The summed E-state index contributed by atoms with van der Waals surface area (Å²) in [6.07, 6.45) is 50.5. The first-order chi connectivity index (χ1) is 72.9. The standard InChI is InChI=1S/C131H172N2O16/c1-10-14-18-22-26-30-34-38-42-46-74-138-117-68-62-108-78-101(50-58-112(108)87-117)94-145-124-72-56-105(85-126(124)147-96-103-52-60-114-89-119(70-64-110(114)80-103)140-76-48-44-40-36-32-28-24-20-16-12-3)92-143-121-82-107(98-142-116-66-54-100(55-67-116)84-123(133-130(136)149-131(6,7)8)128(134)132-99(5)129(135)137-9)83-122(91-121)144-93-106-57-73-125(146-95-102-51-59-113-88-118(69-63-109(113)79-102)139-75-47-43-39-35-31-27-23-19-15-11-2)127(86-106)148-97-104-53-61-115-90-120(71-65-111(115)81-104)141-77-49-45-41-37-33-29-25-21-17-13-4/h50-73,78-83,85-91,99,123H,10-49,74-77,84,92-98H2,1-9H3,(H,132,134)(H,133,136)/t99-,123-/m0/s1. The molecular formula is C131H172N2O16. The van der Waals surface area contributed by atoms with E-state index in [0.717, 1.165) is 131 Å². The number of rotatable bonds is 75. The van der Waals surface area contributed by atoms with Gasteiger partial charge >= 0.3 is 12.1 Å². The van der Waals surface area contributed by atoms with E-state index >= 15 is 0 Å². The molecule has 2 amide bonds. The van der Waals surface area contributed by atoms with Crippen LogP contribution in [0.1, 0.15) is 357 Å². The van der Waals surface area contributed by atoms with Gasteiger partial charge < -0.3 is 72.2 Å². The van der Waals surface area contributed by atoms with Crippen LogP contribution in [0.25, 0.3) is 43.1 Å². The van der Waals surface area contributed by atoms with E-state index in [1.165, 1.54) is 245 Å². The van der Waals surface area contributed by atoms with Gasteiger partial charge in [0.1, 0.15) is 104 Å². The molecule has 0 fully saturated rings. The molecule has 2 atom stereocenters. The van der Waals surface area contributed by atoms with Crippen LogP contribution in [0.5, 0.6) is 63.2 Å². The van der Waals surface area contributed by atoms with E-state index in [-0.39, 0.29) is 39.5 Å². The molecule has 12 aromatic rings. The van der Waals surface area contributed by atoms with Crippen LogP contribution in [0, 0.1) is 0 Å². The summed E-state index contributed by atoms with van der Waals surface area (Å²) >= 11 is 0. The molecular weight excluding hydrogens is 1860 g/mol. The summed E-state index contributed by atoms with van der Waals surface area (Å²) in [7, 11) is 1.25. The summed E-state index contributed by atoms with van der Waals surface area (Å²) < 4.78 is 83.4. The minimum absolute atomic E-state index is 0.0685. The highest BCUT2D eigenvalue weighted by atomic mass is 16.6. The highest BCUT2D eigenvalue weighted by molar-refractivity contribution is 5.90. The number of methoxy groups -OCH3 is 1. The molecule has 0 bridgehead atoms. The zero-order chi connectivity index (χ0) is 105. The largest absolute Gasteiger partial charge is 0.494 e. The lowest BCUT2D eigenvalue weighted by molar-refractivity contribution is -0.144. The number of hydrogen-bond acceptors (Lipinski definition) is 16. The van der Waals surface area contributed by atoms with E-state index in [9.17, 15) is 14.4 Å². The van der Waals surface area contributed by atoms with Gasteiger partial charge in [0, 0.05) is 12.5 Å². The average molecular weight is 2030 g/mol. The van der Waals surface area contributed by atoms with Gasteiger partial charge in [0.05, 0.1) is 33.5 Å². The lowest BCUT2D eigenvalue weighted by atomic mass is 10.0.